The molecule has 3 aromatic rings. The number of aromatic nitrogens is 5. The van der Waals surface area contributed by atoms with Gasteiger partial charge in [-0.15, -0.1) is 5.10 Å². The van der Waals surface area contributed by atoms with Crippen molar-refractivity contribution in [3.63, 3.8) is 0 Å². The Morgan fingerprint density at radius 2 is 1.94 bits per heavy atom. The molecule has 0 aliphatic heterocycles. The summed E-state index contributed by atoms with van der Waals surface area (Å²) in [4.78, 5) is 15.9. The van der Waals surface area contributed by atoms with Crippen LogP contribution in [0.4, 0.5) is 0 Å². The second-order valence-electron chi connectivity index (χ2n) is 8.19. The predicted octanol–water partition coefficient (Wildman–Crippen LogP) is 4.35. The molecule has 2 aromatic heterocycles. The average molecular weight is 452 g/mol. The summed E-state index contributed by atoms with van der Waals surface area (Å²) in [6.45, 7) is 4.83. The molecule has 33 heavy (non-hydrogen) atoms. The molecule has 0 saturated carbocycles. The second kappa shape index (κ2) is 12.7. The van der Waals surface area contributed by atoms with Gasteiger partial charge in [-0.25, -0.2) is 4.68 Å². The van der Waals surface area contributed by atoms with Crippen molar-refractivity contribution in [3.05, 3.63) is 59.2 Å². The summed E-state index contributed by atoms with van der Waals surface area (Å²) in [6, 6.07) is 7.48. The molecule has 0 spiro atoms. The topological polar surface area (TPSA) is 103 Å². The van der Waals surface area contributed by atoms with E-state index in [0.717, 1.165) is 57.3 Å². The van der Waals surface area contributed by atoms with Crippen molar-refractivity contribution in [2.24, 2.45) is 0 Å². The Bertz CT molecular complexity index is 1020. The minimum atomic E-state index is -0.147. The summed E-state index contributed by atoms with van der Waals surface area (Å²) in [6.07, 6.45) is 10.8. The number of ether oxygens (including phenoxy) is 1. The highest BCUT2D eigenvalue weighted by molar-refractivity contribution is 5.97. The molecule has 0 atom stereocenters. The number of rotatable bonds is 14. The van der Waals surface area contributed by atoms with Gasteiger partial charge in [0.15, 0.2) is 11.6 Å². The van der Waals surface area contributed by atoms with Crippen LogP contribution in [0.2, 0.25) is 0 Å². The molecule has 0 unspecified atom stereocenters. The van der Waals surface area contributed by atoms with E-state index < -0.39 is 0 Å². The molecule has 3 rings (SSSR count). The van der Waals surface area contributed by atoms with Gasteiger partial charge in [-0.2, -0.15) is 0 Å². The molecule has 8 nitrogen and oxygen atoms in total. The van der Waals surface area contributed by atoms with Crippen LogP contribution < -0.4 is 4.74 Å². The Labute approximate surface area is 195 Å². The first kappa shape index (κ1) is 24.4. The van der Waals surface area contributed by atoms with Gasteiger partial charge in [-0.05, 0) is 79.6 Å². The van der Waals surface area contributed by atoms with Crippen molar-refractivity contribution < 1.29 is 14.6 Å². The van der Waals surface area contributed by atoms with E-state index in [9.17, 15) is 9.90 Å². The fraction of sp³-hybridized carbons (Fsp3) is 0.480. The molecule has 176 valence electrons. The second-order valence-corrected chi connectivity index (χ2v) is 8.19. The lowest BCUT2D eigenvalue weighted by Crippen LogP contribution is -2.08. The first-order valence-electron chi connectivity index (χ1n) is 11.7. The summed E-state index contributed by atoms with van der Waals surface area (Å²) >= 11 is 0. The molecule has 0 saturated heterocycles. The number of phenolic OH excluding ortho intramolecular Hbond substituents is 1. The van der Waals surface area contributed by atoms with Crippen molar-refractivity contribution in [2.45, 2.75) is 71.8 Å². The average Bonchev–Trinajstić information content (AvgIpc) is 3.26. The van der Waals surface area contributed by atoms with Crippen LogP contribution in [0.1, 0.15) is 73.3 Å². The van der Waals surface area contributed by atoms with E-state index in [1.54, 1.807) is 18.3 Å². The van der Waals surface area contributed by atoms with E-state index in [2.05, 4.69) is 26.6 Å². The highest BCUT2D eigenvalue weighted by Gasteiger charge is 2.16. The van der Waals surface area contributed by atoms with Crippen molar-refractivity contribution in [3.8, 4) is 11.5 Å². The molecule has 0 aliphatic carbocycles. The highest BCUT2D eigenvalue weighted by atomic mass is 16.5. The van der Waals surface area contributed by atoms with Gasteiger partial charge < -0.3 is 9.84 Å². The monoisotopic (exact) mass is 451 g/mol. The number of pyridine rings is 1. The molecule has 8 heteroatoms. The maximum Gasteiger partial charge on any atom is 0.163 e. The van der Waals surface area contributed by atoms with Crippen LogP contribution in [0.25, 0.3) is 0 Å². The molecule has 2 heterocycles. The highest BCUT2D eigenvalue weighted by Crippen LogP contribution is 2.33. The number of aryl methyl sites for hydroxylation is 3. The van der Waals surface area contributed by atoms with E-state index in [1.165, 1.54) is 12.5 Å². The number of benzene rings is 1. The number of tetrazole rings is 1. The van der Waals surface area contributed by atoms with Gasteiger partial charge in [-0.3, -0.25) is 9.78 Å². The minimum absolute atomic E-state index is 0.0459. The number of nitrogens with zero attached hydrogens (tertiary/aromatic N) is 5. The number of hydrogen-bond acceptors (Lipinski definition) is 7. The van der Waals surface area contributed by atoms with Crippen molar-refractivity contribution in [1.82, 2.24) is 25.2 Å². The molecule has 0 fully saturated rings. The lowest BCUT2D eigenvalue weighted by Gasteiger charge is -2.14. The number of carbonyl (C=O) groups is 1. The third-order valence-electron chi connectivity index (χ3n) is 5.59. The third-order valence-corrected chi connectivity index (χ3v) is 5.59. The fourth-order valence-corrected chi connectivity index (χ4v) is 3.81. The van der Waals surface area contributed by atoms with Gasteiger partial charge in [0.2, 0.25) is 0 Å². The molecule has 0 radical (unpaired) electrons. The number of aromatic hydroxyl groups is 1. The molecular formula is C25H33N5O3. The smallest absolute Gasteiger partial charge is 0.163 e. The number of ketones is 1. The van der Waals surface area contributed by atoms with Crippen LogP contribution in [0, 0.1) is 0 Å². The summed E-state index contributed by atoms with van der Waals surface area (Å²) in [5.41, 5.74) is 2.30. The van der Waals surface area contributed by atoms with Crippen LogP contribution in [0.5, 0.6) is 11.5 Å². The van der Waals surface area contributed by atoms with E-state index in [-0.39, 0.29) is 11.5 Å². The standard InChI is InChI=1S/C25H33N5O3/c1-3-9-22-23(14-13-21(19(2)31)25(22)32)33-17-7-5-12-24-27-28-29-30(24)16-6-4-10-20-11-8-15-26-18-20/h8,11,13-15,18,32H,3-7,9-10,12,16-17H2,1-2H3. The zero-order valence-electron chi connectivity index (χ0n) is 19.5. The van der Waals surface area contributed by atoms with E-state index >= 15 is 0 Å². The van der Waals surface area contributed by atoms with E-state index in [1.807, 2.05) is 23.9 Å². The molecule has 0 aliphatic rings. The Balaban J connectivity index is 1.41. The van der Waals surface area contributed by atoms with Gasteiger partial charge in [-0.1, -0.05) is 19.4 Å². The number of hydrogen-bond donors (Lipinski definition) is 1. The number of unbranched alkanes of at least 4 members (excludes halogenated alkanes) is 2. The molecule has 1 N–H and O–H groups in total. The first-order chi connectivity index (χ1) is 16.1. The molecule has 0 bridgehead atoms. The summed E-state index contributed by atoms with van der Waals surface area (Å²) < 4.78 is 7.83. The number of Topliss-reactive ketones (excluding diaryl/α,β-unsaturated/α-hetero) is 1. The summed E-state index contributed by atoms with van der Waals surface area (Å²) in [5, 5.41) is 22.6. The summed E-state index contributed by atoms with van der Waals surface area (Å²) in [7, 11) is 0. The zero-order valence-corrected chi connectivity index (χ0v) is 19.5. The SMILES string of the molecule is CCCc1c(OCCCCc2nnnn2CCCCc2cccnc2)ccc(C(C)=O)c1O. The quantitative estimate of drug-likeness (QED) is 0.287. The van der Waals surface area contributed by atoms with Crippen LogP contribution in [-0.4, -0.2) is 42.7 Å². The Kier molecular flexibility index (Phi) is 9.35. The fourth-order valence-electron chi connectivity index (χ4n) is 3.81. The zero-order chi connectivity index (χ0) is 23.5. The molecular weight excluding hydrogens is 418 g/mol. The lowest BCUT2D eigenvalue weighted by atomic mass is 10.0. The van der Waals surface area contributed by atoms with Crippen molar-refractivity contribution in [1.29, 1.82) is 0 Å². The van der Waals surface area contributed by atoms with Crippen molar-refractivity contribution in [2.75, 3.05) is 6.61 Å². The third kappa shape index (κ3) is 7.10. The lowest BCUT2D eigenvalue weighted by molar-refractivity contribution is 0.101. The first-order valence-corrected chi connectivity index (χ1v) is 11.7. The predicted molar refractivity (Wildman–Crippen MR) is 126 cm³/mol. The van der Waals surface area contributed by atoms with Crippen LogP contribution >= 0.6 is 0 Å². The van der Waals surface area contributed by atoms with Gasteiger partial charge >= 0.3 is 0 Å². The van der Waals surface area contributed by atoms with Gasteiger partial charge in [0.1, 0.15) is 11.5 Å². The maximum absolute atomic E-state index is 11.7. The van der Waals surface area contributed by atoms with Gasteiger partial charge in [0.05, 0.1) is 12.2 Å². The number of carbonyl (C=O) groups excluding carboxylic acids is 1. The normalized spacial score (nSPS) is 11.0. The van der Waals surface area contributed by atoms with Gasteiger partial charge in [0, 0.05) is 30.9 Å². The Morgan fingerprint density at radius 1 is 1.09 bits per heavy atom. The van der Waals surface area contributed by atoms with E-state index in [4.69, 9.17) is 4.74 Å². The maximum atomic E-state index is 11.7. The minimum Gasteiger partial charge on any atom is -0.507 e. The molecule has 1 aromatic carbocycles. The van der Waals surface area contributed by atoms with Gasteiger partial charge in [0.25, 0.3) is 0 Å². The Hall–Kier alpha value is -3.29. The van der Waals surface area contributed by atoms with Crippen molar-refractivity contribution >= 4 is 5.78 Å². The van der Waals surface area contributed by atoms with Crippen LogP contribution in [-0.2, 0) is 25.8 Å². The summed E-state index contributed by atoms with van der Waals surface area (Å²) in [5.74, 6) is 1.44. The largest absolute Gasteiger partial charge is 0.507 e. The van der Waals surface area contributed by atoms with Crippen LogP contribution in [0.15, 0.2) is 36.7 Å². The molecule has 0 amide bonds. The number of phenols is 1. The van der Waals surface area contributed by atoms with E-state index in [0.29, 0.717) is 29.9 Å². The Morgan fingerprint density at radius 3 is 2.70 bits per heavy atom. The van der Waals surface area contributed by atoms with Crippen LogP contribution in [0.3, 0.4) is 0 Å².